The third kappa shape index (κ3) is 2.67. The molecule has 1 N–H and O–H groups in total. The molecule has 0 saturated heterocycles. The van der Waals surface area contributed by atoms with Gasteiger partial charge < -0.3 is 0 Å². The van der Waals surface area contributed by atoms with Crippen LogP contribution in [0.25, 0.3) is 22.1 Å². The molecule has 0 saturated carbocycles. The summed E-state index contributed by atoms with van der Waals surface area (Å²) in [4.78, 5) is 29.2. The van der Waals surface area contributed by atoms with Crippen LogP contribution in [0.15, 0.2) is 59.7 Å². The summed E-state index contributed by atoms with van der Waals surface area (Å²) in [6, 6.07) is 15.2. The second-order valence-corrected chi connectivity index (χ2v) is 6.06. The van der Waals surface area contributed by atoms with Gasteiger partial charge in [-0.25, -0.2) is 14.5 Å². The number of para-hydroxylation sites is 4. The topological polar surface area (TPSA) is 73.8 Å². The highest BCUT2D eigenvalue weighted by atomic mass is 16.2. The van der Waals surface area contributed by atoms with E-state index in [1.165, 1.54) is 0 Å². The summed E-state index contributed by atoms with van der Waals surface area (Å²) in [6.07, 6.45) is 1.78. The first-order chi connectivity index (χ1) is 12.7. The number of fused-ring (bicyclic) bond motifs is 2. The van der Waals surface area contributed by atoms with E-state index >= 15 is 0 Å². The van der Waals surface area contributed by atoms with Crippen LogP contribution in [-0.4, -0.2) is 24.7 Å². The zero-order valence-corrected chi connectivity index (χ0v) is 14.4. The van der Waals surface area contributed by atoms with Crippen LogP contribution < -0.4 is 11.1 Å². The van der Waals surface area contributed by atoms with Crippen molar-refractivity contribution in [1.29, 1.82) is 0 Å². The maximum Gasteiger partial charge on any atom is 0.329 e. The fraction of sp³-hybridized carbons (Fsp3) is 0.211. The summed E-state index contributed by atoms with van der Waals surface area (Å²) in [5, 5.41) is 0. The van der Waals surface area contributed by atoms with Crippen molar-refractivity contribution in [1.82, 2.24) is 18.8 Å². The number of nitrogens with one attached hydrogen (secondary N) is 1. The van der Waals surface area contributed by atoms with Crippen LogP contribution in [-0.2, 0) is 17.9 Å². The van der Waals surface area contributed by atoms with Crippen LogP contribution >= 0.6 is 0 Å². The number of rotatable bonds is 5. The van der Waals surface area contributed by atoms with Gasteiger partial charge in [0.15, 0.2) is 0 Å². The van der Waals surface area contributed by atoms with Gasteiger partial charge in [-0.05, 0) is 31.2 Å². The standard InChI is InChI=1S/C19H19N5O2/c1-2-22-16-9-5-6-10-17(16)23(19(22)26)12-11-18(25)21-24-13-20-14-7-3-4-8-15(14)24/h3-10,13H,2,11-12H2,1H3,(H,21,25). The number of nitrogens with zero attached hydrogens (tertiary/aromatic N) is 4. The van der Waals surface area contributed by atoms with Crippen LogP contribution in [0, 0.1) is 0 Å². The first kappa shape index (κ1) is 16.1. The van der Waals surface area contributed by atoms with Gasteiger partial charge in [-0.2, -0.15) is 0 Å². The van der Waals surface area contributed by atoms with Crippen molar-refractivity contribution in [2.24, 2.45) is 0 Å². The fourth-order valence-electron chi connectivity index (χ4n) is 3.25. The molecule has 0 aliphatic rings. The van der Waals surface area contributed by atoms with E-state index in [-0.39, 0.29) is 18.0 Å². The Morgan fingerprint density at radius 2 is 1.65 bits per heavy atom. The minimum absolute atomic E-state index is 0.0884. The third-order valence-electron chi connectivity index (χ3n) is 4.50. The molecule has 1 amide bonds. The van der Waals surface area contributed by atoms with E-state index in [4.69, 9.17) is 0 Å². The highest BCUT2D eigenvalue weighted by Crippen LogP contribution is 2.13. The first-order valence-corrected chi connectivity index (χ1v) is 8.59. The predicted octanol–water partition coefficient (Wildman–Crippen LogP) is 2.33. The van der Waals surface area contributed by atoms with Crippen molar-refractivity contribution in [2.75, 3.05) is 5.43 Å². The molecule has 132 valence electrons. The number of aryl methyl sites for hydroxylation is 2. The number of hydrogen-bond acceptors (Lipinski definition) is 3. The Bertz CT molecular complexity index is 1150. The van der Waals surface area contributed by atoms with E-state index in [1.54, 1.807) is 20.1 Å². The first-order valence-electron chi connectivity index (χ1n) is 8.59. The smallest absolute Gasteiger partial charge is 0.292 e. The van der Waals surface area contributed by atoms with E-state index in [1.807, 2.05) is 55.5 Å². The van der Waals surface area contributed by atoms with Gasteiger partial charge >= 0.3 is 5.69 Å². The largest absolute Gasteiger partial charge is 0.329 e. The van der Waals surface area contributed by atoms with Gasteiger partial charge in [0.25, 0.3) is 0 Å². The number of benzene rings is 2. The van der Waals surface area contributed by atoms with Crippen molar-refractivity contribution >= 4 is 28.0 Å². The summed E-state index contributed by atoms with van der Waals surface area (Å²) in [5.41, 5.74) is 6.11. The van der Waals surface area contributed by atoms with Crippen molar-refractivity contribution < 1.29 is 4.79 Å². The molecule has 7 heteroatoms. The zero-order chi connectivity index (χ0) is 18.1. The molecule has 0 radical (unpaired) electrons. The lowest BCUT2D eigenvalue weighted by Crippen LogP contribution is -2.27. The number of carbonyl (C=O) groups excluding carboxylic acids is 1. The molecule has 0 aliphatic heterocycles. The van der Waals surface area contributed by atoms with Crippen LogP contribution in [0.1, 0.15) is 13.3 Å². The number of aromatic nitrogens is 4. The molecule has 0 unspecified atom stereocenters. The highest BCUT2D eigenvalue weighted by molar-refractivity contribution is 5.86. The van der Waals surface area contributed by atoms with Crippen LogP contribution in [0.2, 0.25) is 0 Å². The molecular weight excluding hydrogens is 330 g/mol. The second kappa shape index (κ2) is 6.51. The minimum Gasteiger partial charge on any atom is -0.292 e. The van der Waals surface area contributed by atoms with Gasteiger partial charge in [0.1, 0.15) is 6.33 Å². The quantitative estimate of drug-likeness (QED) is 0.601. The zero-order valence-electron chi connectivity index (χ0n) is 14.4. The average Bonchev–Trinajstić information content (AvgIpc) is 3.18. The van der Waals surface area contributed by atoms with E-state index in [0.717, 1.165) is 22.1 Å². The monoisotopic (exact) mass is 349 g/mol. The van der Waals surface area contributed by atoms with Gasteiger partial charge in [-0.1, -0.05) is 24.3 Å². The lowest BCUT2D eigenvalue weighted by atomic mass is 10.3. The third-order valence-corrected chi connectivity index (χ3v) is 4.50. The minimum atomic E-state index is -0.173. The Kier molecular flexibility index (Phi) is 4.04. The van der Waals surface area contributed by atoms with Crippen LogP contribution in [0.4, 0.5) is 0 Å². The van der Waals surface area contributed by atoms with Crippen LogP contribution in [0.5, 0.6) is 0 Å². The molecule has 0 spiro atoms. The van der Waals surface area contributed by atoms with Gasteiger partial charge in [-0.15, -0.1) is 0 Å². The molecule has 2 aromatic heterocycles. The Labute approximate surface area is 149 Å². The maximum atomic E-state index is 12.6. The van der Waals surface area contributed by atoms with E-state index in [9.17, 15) is 9.59 Å². The Hall–Kier alpha value is -3.35. The molecule has 0 fully saturated rings. The Morgan fingerprint density at radius 3 is 2.38 bits per heavy atom. The average molecular weight is 349 g/mol. The molecule has 26 heavy (non-hydrogen) atoms. The molecule has 4 rings (SSSR count). The van der Waals surface area contributed by atoms with E-state index in [2.05, 4.69) is 10.4 Å². The van der Waals surface area contributed by atoms with Crippen LogP contribution in [0.3, 0.4) is 0 Å². The summed E-state index contributed by atoms with van der Waals surface area (Å²) in [5.74, 6) is -0.173. The van der Waals surface area contributed by atoms with Gasteiger partial charge in [0.2, 0.25) is 5.91 Å². The van der Waals surface area contributed by atoms with E-state index < -0.39 is 0 Å². The van der Waals surface area contributed by atoms with Crippen molar-refractivity contribution in [3.8, 4) is 0 Å². The number of carbonyl (C=O) groups is 1. The molecule has 2 aromatic carbocycles. The molecular formula is C19H19N5O2. The lowest BCUT2D eigenvalue weighted by molar-refractivity contribution is -0.117. The second-order valence-electron chi connectivity index (χ2n) is 6.06. The predicted molar refractivity (Wildman–Crippen MR) is 101 cm³/mol. The SMILES string of the molecule is CCn1c(=O)n(CCC(=O)Nn2cnc3ccccc32)c2ccccc21. The maximum absolute atomic E-state index is 12.6. The van der Waals surface area contributed by atoms with Crippen molar-refractivity contribution in [3.63, 3.8) is 0 Å². The molecule has 0 atom stereocenters. The summed E-state index contributed by atoms with van der Waals surface area (Å²) >= 11 is 0. The van der Waals surface area contributed by atoms with Gasteiger partial charge in [0.05, 0.1) is 22.1 Å². The summed E-state index contributed by atoms with van der Waals surface area (Å²) < 4.78 is 4.98. The fourth-order valence-corrected chi connectivity index (χ4v) is 3.25. The van der Waals surface area contributed by atoms with E-state index in [0.29, 0.717) is 13.1 Å². The number of imidazole rings is 2. The normalized spacial score (nSPS) is 11.3. The van der Waals surface area contributed by atoms with Crippen molar-refractivity contribution in [3.05, 3.63) is 65.3 Å². The summed E-state index contributed by atoms with van der Waals surface area (Å²) in [7, 11) is 0. The van der Waals surface area contributed by atoms with Crippen molar-refractivity contribution in [2.45, 2.75) is 26.4 Å². The molecule has 4 aromatic rings. The Morgan fingerprint density at radius 1 is 1.00 bits per heavy atom. The Balaban J connectivity index is 1.54. The molecule has 7 nitrogen and oxygen atoms in total. The molecule has 0 bridgehead atoms. The molecule has 0 aliphatic carbocycles. The number of amides is 1. The molecule has 2 heterocycles. The van der Waals surface area contributed by atoms with Gasteiger partial charge in [0, 0.05) is 19.5 Å². The highest BCUT2D eigenvalue weighted by Gasteiger charge is 2.13. The lowest BCUT2D eigenvalue weighted by Gasteiger charge is -2.07. The number of hydrogen-bond donors (Lipinski definition) is 1. The van der Waals surface area contributed by atoms with Gasteiger partial charge in [-0.3, -0.25) is 19.4 Å². The summed E-state index contributed by atoms with van der Waals surface area (Å²) in [6.45, 7) is 2.86.